The van der Waals surface area contributed by atoms with E-state index in [1.807, 2.05) is 18.5 Å². The van der Waals surface area contributed by atoms with Gasteiger partial charge in [-0.2, -0.15) is 0 Å². The zero-order valence-corrected chi connectivity index (χ0v) is 15.7. The second kappa shape index (κ2) is 6.75. The number of carboxylic acids is 1. The molecule has 0 saturated carbocycles. The Morgan fingerprint density at radius 3 is 3.17 bits per heavy atom. The third kappa shape index (κ3) is 3.22. The van der Waals surface area contributed by atoms with Gasteiger partial charge >= 0.3 is 29.6 Å². The van der Waals surface area contributed by atoms with Gasteiger partial charge in [0.1, 0.15) is 5.65 Å². The predicted octanol–water partition coefficient (Wildman–Crippen LogP) is -1.45. The molecule has 1 aliphatic rings. The normalized spacial score (nSPS) is 14.4. The summed E-state index contributed by atoms with van der Waals surface area (Å²) in [5.41, 5.74) is 3.41. The van der Waals surface area contributed by atoms with Crippen LogP contribution in [-0.2, 0) is 19.5 Å². The van der Waals surface area contributed by atoms with Gasteiger partial charge in [0.05, 0.1) is 5.97 Å². The van der Waals surface area contributed by atoms with Crippen LogP contribution in [0.2, 0.25) is 0 Å². The summed E-state index contributed by atoms with van der Waals surface area (Å²) in [4.78, 5) is 22.0. The first-order valence-corrected chi connectivity index (χ1v) is 8.03. The van der Waals surface area contributed by atoms with Crippen LogP contribution in [0.1, 0.15) is 26.4 Å². The first-order chi connectivity index (χ1) is 10.7. The molecule has 0 radical (unpaired) electrons. The van der Waals surface area contributed by atoms with Crippen LogP contribution in [0.25, 0.3) is 11.0 Å². The van der Waals surface area contributed by atoms with Gasteiger partial charge in [-0.15, -0.1) is 11.3 Å². The van der Waals surface area contributed by atoms with Crippen molar-refractivity contribution in [3.05, 3.63) is 51.5 Å². The van der Waals surface area contributed by atoms with E-state index in [1.54, 1.807) is 5.38 Å². The molecule has 1 N–H and O–H groups in total. The summed E-state index contributed by atoms with van der Waals surface area (Å²) in [5, 5.41) is 13.9. The summed E-state index contributed by atoms with van der Waals surface area (Å²) < 4.78 is 0. The maximum absolute atomic E-state index is 11.1. The smallest absolute Gasteiger partial charge is 0.545 e. The van der Waals surface area contributed by atoms with Crippen LogP contribution < -0.4 is 34.7 Å². The number of aromatic amines is 1. The largest absolute Gasteiger partial charge is 1.00 e. The Morgan fingerprint density at radius 2 is 2.35 bits per heavy atom. The summed E-state index contributed by atoms with van der Waals surface area (Å²) in [6.45, 7) is 2.47. The number of carbonyl (C=O) groups excluding carboxylic acids is 1. The van der Waals surface area contributed by atoms with Crippen molar-refractivity contribution in [2.75, 3.05) is 6.54 Å². The number of hydrogen-bond donors (Lipinski definition) is 1. The number of nitrogens with one attached hydrogen (secondary N) is 1. The molecule has 3 aromatic heterocycles. The molecule has 3 aromatic rings. The molecule has 0 bridgehead atoms. The first-order valence-electron chi connectivity index (χ1n) is 7.15. The molecule has 7 heteroatoms. The van der Waals surface area contributed by atoms with Gasteiger partial charge in [-0.05, 0) is 29.7 Å². The van der Waals surface area contributed by atoms with E-state index >= 15 is 0 Å². The molecule has 23 heavy (non-hydrogen) atoms. The third-order valence-electron chi connectivity index (χ3n) is 4.11. The Hall–Kier alpha value is -1.18. The Labute approximate surface area is 159 Å². The van der Waals surface area contributed by atoms with E-state index in [1.165, 1.54) is 16.9 Å². The van der Waals surface area contributed by atoms with Gasteiger partial charge in [0.15, 0.2) is 0 Å². The van der Waals surface area contributed by atoms with Crippen molar-refractivity contribution in [1.29, 1.82) is 0 Å². The Kier molecular flexibility index (Phi) is 4.89. The molecule has 0 spiro atoms. The molecule has 1 aliphatic heterocycles. The molecular weight excluding hydrogens is 321 g/mol. The molecule has 0 unspecified atom stereocenters. The molecule has 0 aromatic carbocycles. The number of rotatable bonds is 3. The van der Waals surface area contributed by atoms with E-state index in [0.717, 1.165) is 47.5 Å². The second-order valence-corrected chi connectivity index (χ2v) is 6.52. The number of pyridine rings is 1. The van der Waals surface area contributed by atoms with E-state index < -0.39 is 5.97 Å². The van der Waals surface area contributed by atoms with E-state index in [9.17, 15) is 9.90 Å². The summed E-state index contributed by atoms with van der Waals surface area (Å²) in [6.07, 6.45) is 4.55. The maximum atomic E-state index is 11.1. The quantitative estimate of drug-likeness (QED) is 0.595. The predicted molar refractivity (Wildman–Crippen MR) is 82.6 cm³/mol. The SMILES string of the molecule is O=C([O-])c1csc2c1CCN(Cc1cnc3[nH]ccc3c1)C2.[Na+]. The third-order valence-corrected chi connectivity index (χ3v) is 5.12. The van der Waals surface area contributed by atoms with Gasteiger partial charge in [0.25, 0.3) is 0 Å². The molecule has 5 nitrogen and oxygen atoms in total. The first kappa shape index (κ1) is 16.7. The fourth-order valence-electron chi connectivity index (χ4n) is 3.02. The van der Waals surface area contributed by atoms with E-state index in [-0.39, 0.29) is 29.6 Å². The summed E-state index contributed by atoms with van der Waals surface area (Å²) in [7, 11) is 0. The molecule has 0 fully saturated rings. The number of carboxylic acid groups (broad SMARTS) is 1. The number of nitrogens with zero attached hydrogens (tertiary/aromatic N) is 2. The van der Waals surface area contributed by atoms with Crippen molar-refractivity contribution in [3.8, 4) is 0 Å². The van der Waals surface area contributed by atoms with Gasteiger partial charge < -0.3 is 14.9 Å². The molecule has 0 saturated heterocycles. The van der Waals surface area contributed by atoms with Crippen LogP contribution in [0.15, 0.2) is 29.9 Å². The molecule has 4 rings (SSSR count). The number of aromatic carboxylic acids is 1. The molecule has 112 valence electrons. The Bertz CT molecular complexity index is 858. The van der Waals surface area contributed by atoms with Crippen LogP contribution in [0.4, 0.5) is 0 Å². The number of carbonyl (C=O) groups is 1. The van der Waals surface area contributed by atoms with Crippen molar-refractivity contribution in [2.45, 2.75) is 19.5 Å². The topological polar surface area (TPSA) is 72.0 Å². The number of thiophene rings is 1. The Balaban J connectivity index is 0.00000156. The monoisotopic (exact) mass is 335 g/mol. The van der Waals surface area contributed by atoms with Crippen molar-refractivity contribution < 1.29 is 39.5 Å². The fourth-order valence-corrected chi connectivity index (χ4v) is 4.13. The zero-order valence-electron chi connectivity index (χ0n) is 12.8. The summed E-state index contributed by atoms with van der Waals surface area (Å²) in [6, 6.07) is 4.17. The standard InChI is InChI=1S/C16H15N3O2S.Na/c20-16(21)13-9-22-14-8-19(4-2-12(13)14)7-10-5-11-1-3-17-15(11)18-6-10;/h1,3,5-6,9H,2,4,7-8H2,(H,17,18)(H,20,21);/q;+1/p-1. The molecule has 0 atom stereocenters. The second-order valence-electron chi connectivity index (χ2n) is 5.56. The average molecular weight is 335 g/mol. The van der Waals surface area contributed by atoms with Crippen molar-refractivity contribution >= 4 is 28.3 Å². The molecule has 0 aliphatic carbocycles. The minimum absolute atomic E-state index is 0. The van der Waals surface area contributed by atoms with Gasteiger partial charge in [0, 0.05) is 53.2 Å². The van der Waals surface area contributed by atoms with E-state index in [4.69, 9.17) is 0 Å². The van der Waals surface area contributed by atoms with Crippen molar-refractivity contribution in [2.24, 2.45) is 0 Å². The van der Waals surface area contributed by atoms with Crippen LogP contribution >= 0.6 is 11.3 Å². The fraction of sp³-hybridized carbons (Fsp3) is 0.250. The maximum Gasteiger partial charge on any atom is 1.00 e. The van der Waals surface area contributed by atoms with Crippen LogP contribution in [0.5, 0.6) is 0 Å². The molecular formula is C16H14N3NaO2S. The number of fused-ring (bicyclic) bond motifs is 2. The van der Waals surface area contributed by atoms with Crippen LogP contribution in [0.3, 0.4) is 0 Å². The van der Waals surface area contributed by atoms with Crippen molar-refractivity contribution in [1.82, 2.24) is 14.9 Å². The van der Waals surface area contributed by atoms with E-state index in [2.05, 4.69) is 20.9 Å². The van der Waals surface area contributed by atoms with Crippen LogP contribution in [-0.4, -0.2) is 27.4 Å². The Morgan fingerprint density at radius 1 is 1.48 bits per heavy atom. The zero-order chi connectivity index (χ0) is 15.1. The number of H-pyrrole nitrogens is 1. The number of hydrogen-bond acceptors (Lipinski definition) is 5. The summed E-state index contributed by atoms with van der Waals surface area (Å²) >= 11 is 1.52. The number of aromatic nitrogens is 2. The van der Waals surface area contributed by atoms with Crippen molar-refractivity contribution in [3.63, 3.8) is 0 Å². The summed E-state index contributed by atoms with van der Waals surface area (Å²) in [5.74, 6) is -1.06. The minimum Gasteiger partial charge on any atom is -0.545 e. The van der Waals surface area contributed by atoms with Gasteiger partial charge in [-0.25, -0.2) is 4.98 Å². The molecule has 0 amide bonds. The average Bonchev–Trinajstić information content (AvgIpc) is 3.12. The van der Waals surface area contributed by atoms with E-state index in [0.29, 0.717) is 5.56 Å². The van der Waals surface area contributed by atoms with Gasteiger partial charge in [-0.3, -0.25) is 4.90 Å². The minimum atomic E-state index is -1.06. The van der Waals surface area contributed by atoms with Gasteiger partial charge in [0.2, 0.25) is 0 Å². The van der Waals surface area contributed by atoms with Crippen LogP contribution in [0, 0.1) is 0 Å². The van der Waals surface area contributed by atoms with Gasteiger partial charge in [-0.1, -0.05) is 0 Å². The molecule has 4 heterocycles.